The summed E-state index contributed by atoms with van der Waals surface area (Å²) in [5, 5.41) is 34.2. The van der Waals surface area contributed by atoms with Crippen molar-refractivity contribution in [2.75, 3.05) is 18.5 Å². The summed E-state index contributed by atoms with van der Waals surface area (Å²) in [4.78, 5) is 0. The van der Waals surface area contributed by atoms with Crippen LogP contribution < -0.4 is 5.32 Å². The Labute approximate surface area is 122 Å². The Morgan fingerprint density at radius 2 is 1.67 bits per heavy atom. The number of hydrogen-bond donors (Lipinski definition) is 4. The Morgan fingerprint density at radius 1 is 0.952 bits per heavy atom. The summed E-state index contributed by atoms with van der Waals surface area (Å²) >= 11 is 0. The number of anilines is 1. The van der Waals surface area contributed by atoms with Crippen molar-refractivity contribution in [3.63, 3.8) is 0 Å². The maximum atomic E-state index is 9.92. The van der Waals surface area contributed by atoms with Gasteiger partial charge in [-0.2, -0.15) is 0 Å². The fraction of sp³-hybridized carbons (Fsp3) is 0.375. The van der Waals surface area contributed by atoms with Gasteiger partial charge >= 0.3 is 0 Å². The minimum Gasteiger partial charge on any atom is -0.394 e. The number of ether oxygens (including phenoxy) is 1. The maximum Gasteiger partial charge on any atom is 0.111 e. The average Bonchev–Trinajstić information content (AvgIpc) is 2.80. The highest BCUT2D eigenvalue weighted by atomic mass is 16.6. The van der Waals surface area contributed by atoms with E-state index in [4.69, 9.17) is 9.84 Å². The Balaban J connectivity index is 1.73. The van der Waals surface area contributed by atoms with Crippen LogP contribution >= 0.6 is 0 Å². The van der Waals surface area contributed by atoms with E-state index in [0.717, 1.165) is 16.5 Å². The molecule has 5 nitrogen and oxygen atoms in total. The van der Waals surface area contributed by atoms with E-state index >= 15 is 0 Å². The van der Waals surface area contributed by atoms with Gasteiger partial charge < -0.3 is 25.4 Å². The van der Waals surface area contributed by atoms with E-state index in [-0.39, 0.29) is 6.61 Å². The summed E-state index contributed by atoms with van der Waals surface area (Å²) in [5.74, 6) is 0. The Hall–Kier alpha value is -1.66. The van der Waals surface area contributed by atoms with Crippen molar-refractivity contribution in [3.05, 3.63) is 42.5 Å². The second-order valence-electron chi connectivity index (χ2n) is 5.28. The molecule has 1 aliphatic heterocycles. The van der Waals surface area contributed by atoms with Crippen molar-refractivity contribution in [3.8, 4) is 0 Å². The minimum absolute atomic E-state index is 0.303. The van der Waals surface area contributed by atoms with Crippen molar-refractivity contribution in [1.82, 2.24) is 0 Å². The number of aliphatic hydroxyl groups excluding tert-OH is 3. The quantitative estimate of drug-likeness (QED) is 0.667. The Morgan fingerprint density at radius 3 is 2.43 bits per heavy atom. The molecule has 0 unspecified atom stereocenters. The smallest absolute Gasteiger partial charge is 0.111 e. The molecule has 0 saturated carbocycles. The first-order valence-electron chi connectivity index (χ1n) is 7.05. The second kappa shape index (κ2) is 5.99. The molecule has 21 heavy (non-hydrogen) atoms. The molecule has 4 atom stereocenters. The van der Waals surface area contributed by atoms with E-state index < -0.39 is 24.4 Å². The van der Waals surface area contributed by atoms with Crippen molar-refractivity contribution in [1.29, 1.82) is 0 Å². The molecule has 0 radical (unpaired) electrons. The van der Waals surface area contributed by atoms with Gasteiger partial charge in [-0.15, -0.1) is 0 Å². The van der Waals surface area contributed by atoms with Gasteiger partial charge in [0, 0.05) is 17.6 Å². The van der Waals surface area contributed by atoms with Gasteiger partial charge in [0.05, 0.1) is 6.61 Å². The monoisotopic (exact) mass is 289 g/mol. The first-order chi connectivity index (χ1) is 10.2. The molecule has 2 aromatic rings. The molecule has 5 heteroatoms. The SMILES string of the molecule is OC[C@H]1O[C@H](CNc2cccc3ccccc23)[C@@H](O)[C@@H]1O. The van der Waals surface area contributed by atoms with E-state index in [1.165, 1.54) is 0 Å². The molecule has 1 saturated heterocycles. The lowest BCUT2D eigenvalue weighted by Gasteiger charge is -2.17. The summed E-state index contributed by atoms with van der Waals surface area (Å²) in [6, 6.07) is 14.0. The predicted molar refractivity (Wildman–Crippen MR) is 80.2 cm³/mol. The zero-order valence-corrected chi connectivity index (χ0v) is 11.5. The lowest BCUT2D eigenvalue weighted by Crippen LogP contribution is -2.36. The van der Waals surface area contributed by atoms with Crippen LogP contribution in [0.2, 0.25) is 0 Å². The summed E-state index contributed by atoms with van der Waals surface area (Å²) in [6.07, 6.45) is -3.31. The topological polar surface area (TPSA) is 82.0 Å². The van der Waals surface area contributed by atoms with Gasteiger partial charge in [0.2, 0.25) is 0 Å². The fourth-order valence-corrected chi connectivity index (χ4v) is 2.74. The number of benzene rings is 2. The summed E-state index contributed by atoms with van der Waals surface area (Å²) in [5.41, 5.74) is 0.950. The molecule has 0 bridgehead atoms. The van der Waals surface area contributed by atoms with Crippen LogP contribution in [0.1, 0.15) is 0 Å². The normalized spacial score (nSPS) is 28.9. The van der Waals surface area contributed by atoms with Crippen LogP contribution in [0.15, 0.2) is 42.5 Å². The first-order valence-corrected chi connectivity index (χ1v) is 7.05. The predicted octanol–water partition coefficient (Wildman–Crippen LogP) is 0.733. The van der Waals surface area contributed by atoms with Crippen molar-refractivity contribution >= 4 is 16.5 Å². The number of hydrogen-bond acceptors (Lipinski definition) is 5. The zero-order chi connectivity index (χ0) is 14.8. The number of aliphatic hydroxyl groups is 3. The van der Waals surface area contributed by atoms with Gasteiger partial charge in [0.1, 0.15) is 24.4 Å². The van der Waals surface area contributed by atoms with Gasteiger partial charge in [-0.3, -0.25) is 0 Å². The van der Waals surface area contributed by atoms with Gasteiger partial charge in [-0.1, -0.05) is 36.4 Å². The molecular weight excluding hydrogens is 270 g/mol. The highest BCUT2D eigenvalue weighted by Gasteiger charge is 2.41. The lowest BCUT2D eigenvalue weighted by molar-refractivity contribution is -0.0183. The van der Waals surface area contributed by atoms with Gasteiger partial charge in [0.25, 0.3) is 0 Å². The standard InChI is InChI=1S/C16H19NO4/c18-9-14-16(20)15(19)13(21-14)8-17-12-7-3-5-10-4-1-2-6-11(10)12/h1-7,13-20H,8-9H2/t13-,14-,15-,16-/m1/s1. The molecule has 4 N–H and O–H groups in total. The van der Waals surface area contributed by atoms with E-state index in [9.17, 15) is 10.2 Å². The molecule has 0 aromatic heterocycles. The van der Waals surface area contributed by atoms with Crippen LogP contribution in [0.5, 0.6) is 0 Å². The molecule has 112 valence electrons. The highest BCUT2D eigenvalue weighted by Crippen LogP contribution is 2.25. The maximum absolute atomic E-state index is 9.92. The van der Waals surface area contributed by atoms with Crippen molar-refractivity contribution in [2.45, 2.75) is 24.4 Å². The molecule has 0 spiro atoms. The first kappa shape index (κ1) is 14.3. The van der Waals surface area contributed by atoms with Crippen LogP contribution in [-0.2, 0) is 4.74 Å². The molecule has 0 aliphatic carbocycles. The van der Waals surface area contributed by atoms with Gasteiger partial charge in [0.15, 0.2) is 0 Å². The molecule has 1 aliphatic rings. The third-order valence-corrected chi connectivity index (χ3v) is 3.92. The lowest BCUT2D eigenvalue weighted by atomic mass is 10.1. The molecule has 2 aromatic carbocycles. The average molecular weight is 289 g/mol. The Kier molecular flexibility index (Phi) is 4.07. The third-order valence-electron chi connectivity index (χ3n) is 3.92. The van der Waals surface area contributed by atoms with E-state index in [1.54, 1.807) is 0 Å². The van der Waals surface area contributed by atoms with E-state index in [0.29, 0.717) is 6.54 Å². The Bertz CT molecular complexity index is 613. The zero-order valence-electron chi connectivity index (χ0n) is 11.5. The molecular formula is C16H19NO4. The highest BCUT2D eigenvalue weighted by molar-refractivity contribution is 5.93. The molecule has 1 fully saturated rings. The van der Waals surface area contributed by atoms with Crippen molar-refractivity contribution < 1.29 is 20.1 Å². The van der Waals surface area contributed by atoms with Crippen LogP contribution in [0.25, 0.3) is 10.8 Å². The van der Waals surface area contributed by atoms with E-state index in [1.807, 2.05) is 42.5 Å². The van der Waals surface area contributed by atoms with Crippen LogP contribution in [0.4, 0.5) is 5.69 Å². The van der Waals surface area contributed by atoms with Crippen molar-refractivity contribution in [2.24, 2.45) is 0 Å². The molecule has 1 heterocycles. The molecule has 3 rings (SSSR count). The summed E-state index contributed by atoms with van der Waals surface area (Å²) in [7, 11) is 0. The number of rotatable bonds is 4. The number of fused-ring (bicyclic) bond motifs is 1. The van der Waals surface area contributed by atoms with Crippen LogP contribution in [0.3, 0.4) is 0 Å². The summed E-state index contributed by atoms with van der Waals surface area (Å²) < 4.78 is 5.46. The summed E-state index contributed by atoms with van der Waals surface area (Å²) in [6.45, 7) is 0.0612. The minimum atomic E-state index is -1.05. The molecule has 0 amide bonds. The van der Waals surface area contributed by atoms with Crippen LogP contribution in [0, 0.1) is 0 Å². The largest absolute Gasteiger partial charge is 0.394 e. The second-order valence-corrected chi connectivity index (χ2v) is 5.28. The number of nitrogens with one attached hydrogen (secondary N) is 1. The third kappa shape index (κ3) is 2.73. The van der Waals surface area contributed by atoms with E-state index in [2.05, 4.69) is 5.32 Å². The van der Waals surface area contributed by atoms with Gasteiger partial charge in [-0.05, 0) is 11.5 Å². The van der Waals surface area contributed by atoms with Crippen LogP contribution in [-0.4, -0.2) is 52.9 Å². The van der Waals surface area contributed by atoms with Gasteiger partial charge in [-0.25, -0.2) is 0 Å². The fourth-order valence-electron chi connectivity index (χ4n) is 2.74.